The van der Waals surface area contributed by atoms with Gasteiger partial charge in [-0.25, -0.2) is 12.1 Å². The van der Waals surface area contributed by atoms with E-state index in [-0.39, 0.29) is 51.0 Å². The van der Waals surface area contributed by atoms with Crippen LogP contribution in [0.4, 0.5) is 0 Å². The number of hydrogen-bond donors (Lipinski definition) is 0. The molecule has 0 nitrogen and oxygen atoms in total. The first-order chi connectivity index (χ1) is 7.97. The molecule has 0 saturated carbocycles. The van der Waals surface area contributed by atoms with Crippen molar-refractivity contribution in [1.29, 1.82) is 0 Å². The Hall–Kier alpha value is -0.617. The Morgan fingerprint density at radius 3 is 1.63 bits per heavy atom. The Labute approximate surface area is 146 Å². The molecular formula is C16H14Cl2Zr. The van der Waals surface area contributed by atoms with Gasteiger partial charge in [0.2, 0.25) is 0 Å². The van der Waals surface area contributed by atoms with Gasteiger partial charge < -0.3 is 24.8 Å². The van der Waals surface area contributed by atoms with Gasteiger partial charge in [0, 0.05) is 0 Å². The van der Waals surface area contributed by atoms with Crippen LogP contribution in [0.2, 0.25) is 0 Å². The van der Waals surface area contributed by atoms with Crippen LogP contribution in [0.25, 0.3) is 11.1 Å². The van der Waals surface area contributed by atoms with Crippen molar-refractivity contribution in [3.63, 3.8) is 0 Å². The topological polar surface area (TPSA) is 0 Å². The molecule has 0 amide bonds. The number of benzene rings is 1. The van der Waals surface area contributed by atoms with Crippen molar-refractivity contribution in [3.05, 3.63) is 84.9 Å². The maximum Gasteiger partial charge on any atom is 4.00 e. The molecule has 0 spiro atoms. The number of halogens is 2. The summed E-state index contributed by atoms with van der Waals surface area (Å²) in [6.07, 6.45) is 0. The van der Waals surface area contributed by atoms with E-state index < -0.39 is 0 Å². The zero-order valence-corrected chi connectivity index (χ0v) is 14.3. The fourth-order valence-corrected chi connectivity index (χ4v) is 1.52. The summed E-state index contributed by atoms with van der Waals surface area (Å²) in [7, 11) is 0. The smallest absolute Gasteiger partial charge is 1.00 e. The van der Waals surface area contributed by atoms with Crippen molar-refractivity contribution in [1.82, 2.24) is 0 Å². The summed E-state index contributed by atoms with van der Waals surface area (Å²) in [5, 5.41) is 0. The quantitative estimate of drug-likeness (QED) is 0.458. The average Bonchev–Trinajstić information content (AvgIpc) is 3.07. The van der Waals surface area contributed by atoms with Crippen LogP contribution in [-0.4, -0.2) is 0 Å². The zero-order chi connectivity index (χ0) is 11.1. The van der Waals surface area contributed by atoms with E-state index in [0.29, 0.717) is 0 Å². The Balaban J connectivity index is 0. The normalized spacial score (nSPS) is 7.79. The predicted molar refractivity (Wildman–Crippen MR) is 69.5 cm³/mol. The number of hydrogen-bond acceptors (Lipinski definition) is 0. The van der Waals surface area contributed by atoms with Crippen molar-refractivity contribution in [3.8, 4) is 11.1 Å². The summed E-state index contributed by atoms with van der Waals surface area (Å²) < 4.78 is 0. The second kappa shape index (κ2) is 12.4. The van der Waals surface area contributed by atoms with Gasteiger partial charge in [0.25, 0.3) is 0 Å². The minimum absolute atomic E-state index is 0. The van der Waals surface area contributed by atoms with E-state index in [0.717, 1.165) is 0 Å². The summed E-state index contributed by atoms with van der Waals surface area (Å²) in [4.78, 5) is 0. The Morgan fingerprint density at radius 1 is 0.684 bits per heavy atom. The molecule has 0 N–H and O–H groups in total. The molecule has 0 aliphatic carbocycles. The van der Waals surface area contributed by atoms with Crippen LogP contribution in [-0.2, 0) is 26.2 Å². The first-order valence-corrected chi connectivity index (χ1v) is 5.40. The first kappa shape index (κ1) is 20.7. The third kappa shape index (κ3) is 7.52. The molecule has 0 aliphatic rings. The molecule has 0 bridgehead atoms. The van der Waals surface area contributed by atoms with Crippen LogP contribution in [0.1, 0.15) is 0 Å². The molecule has 3 heteroatoms. The van der Waals surface area contributed by atoms with Crippen molar-refractivity contribution < 1.29 is 51.0 Å². The van der Waals surface area contributed by atoms with Gasteiger partial charge in [0.15, 0.2) is 0 Å². The average molecular weight is 368 g/mol. The van der Waals surface area contributed by atoms with Gasteiger partial charge in [0.1, 0.15) is 0 Å². The van der Waals surface area contributed by atoms with E-state index in [1.807, 2.05) is 36.4 Å². The standard InChI is InChI=1S/C11H9.C5H5.2ClH.Zr/c1-2-6-10(7-3-1)11-8-4-5-9-11;1-2-4-5-3-1;;;/h1-9H;1-5H;2*1H;/q2*-1;;;+4/p-2. The van der Waals surface area contributed by atoms with Gasteiger partial charge in [-0.05, 0) is 0 Å². The minimum Gasteiger partial charge on any atom is -1.00 e. The molecule has 0 radical (unpaired) electrons. The SMILES string of the molecule is [Cl-].[Cl-].[Zr+4].c1cc[cH-]c1.c1ccc(-[c-]2cccc2)cc1. The van der Waals surface area contributed by atoms with Crippen LogP contribution in [0.15, 0.2) is 84.9 Å². The van der Waals surface area contributed by atoms with Gasteiger partial charge in [-0.1, -0.05) is 23.8 Å². The Bertz CT molecular complexity index is 456. The van der Waals surface area contributed by atoms with E-state index in [1.165, 1.54) is 11.1 Å². The molecule has 3 rings (SSSR count). The van der Waals surface area contributed by atoms with Crippen molar-refractivity contribution >= 4 is 0 Å². The van der Waals surface area contributed by atoms with Crippen LogP contribution >= 0.6 is 0 Å². The third-order valence-electron chi connectivity index (χ3n) is 2.33. The van der Waals surface area contributed by atoms with Gasteiger partial charge in [-0.15, -0.1) is 29.8 Å². The molecule has 0 fully saturated rings. The Morgan fingerprint density at radius 2 is 1.21 bits per heavy atom. The summed E-state index contributed by atoms with van der Waals surface area (Å²) in [5.41, 5.74) is 2.59. The van der Waals surface area contributed by atoms with E-state index in [4.69, 9.17) is 0 Å². The van der Waals surface area contributed by atoms with Crippen molar-refractivity contribution in [2.45, 2.75) is 0 Å². The van der Waals surface area contributed by atoms with Gasteiger partial charge in [-0.3, -0.25) is 0 Å². The molecule has 19 heavy (non-hydrogen) atoms. The molecule has 0 aromatic heterocycles. The third-order valence-corrected chi connectivity index (χ3v) is 2.33. The minimum atomic E-state index is 0. The molecular weight excluding hydrogens is 354 g/mol. The zero-order valence-electron chi connectivity index (χ0n) is 10.3. The monoisotopic (exact) mass is 366 g/mol. The maximum absolute atomic E-state index is 2.12. The molecule has 0 atom stereocenters. The number of rotatable bonds is 1. The Kier molecular flexibility index (Phi) is 13.5. The second-order valence-corrected chi connectivity index (χ2v) is 3.50. The fraction of sp³-hybridized carbons (Fsp3) is 0. The van der Waals surface area contributed by atoms with Gasteiger partial charge in [-0.2, -0.15) is 30.3 Å². The maximum atomic E-state index is 2.12. The molecule has 3 aromatic carbocycles. The first-order valence-electron chi connectivity index (χ1n) is 5.40. The van der Waals surface area contributed by atoms with Crippen LogP contribution < -0.4 is 24.8 Å². The van der Waals surface area contributed by atoms with Crippen LogP contribution in [0.5, 0.6) is 0 Å². The summed E-state index contributed by atoms with van der Waals surface area (Å²) in [6, 6.07) is 28.7. The summed E-state index contributed by atoms with van der Waals surface area (Å²) >= 11 is 0. The van der Waals surface area contributed by atoms with Crippen LogP contribution in [0.3, 0.4) is 0 Å². The van der Waals surface area contributed by atoms with Gasteiger partial charge in [0.05, 0.1) is 0 Å². The summed E-state index contributed by atoms with van der Waals surface area (Å²) in [6.45, 7) is 0. The molecule has 0 aliphatic heterocycles. The molecule has 3 aromatic rings. The molecule has 96 valence electrons. The van der Waals surface area contributed by atoms with E-state index in [1.54, 1.807) is 0 Å². The summed E-state index contributed by atoms with van der Waals surface area (Å²) in [5.74, 6) is 0. The van der Waals surface area contributed by atoms with Crippen molar-refractivity contribution in [2.75, 3.05) is 0 Å². The molecule has 0 saturated heterocycles. The van der Waals surface area contributed by atoms with E-state index >= 15 is 0 Å². The molecule has 0 heterocycles. The predicted octanol–water partition coefficient (Wildman–Crippen LogP) is -1.52. The fourth-order valence-electron chi connectivity index (χ4n) is 1.52. The van der Waals surface area contributed by atoms with Crippen LogP contribution in [0, 0.1) is 0 Å². The van der Waals surface area contributed by atoms with E-state index in [9.17, 15) is 0 Å². The van der Waals surface area contributed by atoms with Gasteiger partial charge >= 0.3 is 26.2 Å². The van der Waals surface area contributed by atoms with E-state index in [2.05, 4.69) is 48.5 Å². The molecule has 0 unspecified atom stereocenters. The van der Waals surface area contributed by atoms with Crippen molar-refractivity contribution in [2.24, 2.45) is 0 Å². The largest absolute Gasteiger partial charge is 4.00 e. The second-order valence-electron chi connectivity index (χ2n) is 3.50.